The van der Waals surface area contributed by atoms with Gasteiger partial charge in [0.15, 0.2) is 5.15 Å². The van der Waals surface area contributed by atoms with E-state index in [1.54, 1.807) is 13.1 Å². The van der Waals surface area contributed by atoms with Crippen LogP contribution in [0.3, 0.4) is 0 Å². The second-order valence-corrected chi connectivity index (χ2v) is 2.79. The first kappa shape index (κ1) is 10.2. The van der Waals surface area contributed by atoms with Crippen LogP contribution >= 0.6 is 24.0 Å². The number of hydrogen-bond donors (Lipinski definition) is 0. The van der Waals surface area contributed by atoms with Crippen LogP contribution in [0.2, 0.25) is 5.15 Å². The smallest absolute Gasteiger partial charge is 0.158 e. The van der Waals surface area contributed by atoms with Crippen LogP contribution in [0.1, 0.15) is 5.82 Å². The van der Waals surface area contributed by atoms with Gasteiger partial charge in [-0.15, -0.1) is 12.4 Å². The van der Waals surface area contributed by atoms with Crippen LogP contribution in [0, 0.1) is 6.92 Å². The molecule has 3 nitrogen and oxygen atoms in total. The topological polar surface area (TPSA) is 38.7 Å². The molecule has 0 aliphatic rings. The highest BCUT2D eigenvalue weighted by Crippen LogP contribution is 2.16. The Bertz CT molecular complexity index is 431. The first-order chi connectivity index (χ1) is 5.77. The molecular formula is C8H7Cl2N3. The Kier molecular flexibility index (Phi) is 3.01. The summed E-state index contributed by atoms with van der Waals surface area (Å²) in [5.74, 6) is 0.667. The highest BCUT2D eigenvalue weighted by Gasteiger charge is 2.02. The van der Waals surface area contributed by atoms with E-state index in [4.69, 9.17) is 11.6 Å². The molecule has 0 radical (unpaired) electrons. The van der Waals surface area contributed by atoms with Crippen molar-refractivity contribution in [1.29, 1.82) is 0 Å². The molecule has 2 rings (SSSR count). The number of fused-ring (bicyclic) bond motifs is 1. The summed E-state index contributed by atoms with van der Waals surface area (Å²) < 4.78 is 0. The van der Waals surface area contributed by atoms with Crippen LogP contribution in [-0.2, 0) is 0 Å². The van der Waals surface area contributed by atoms with Crippen LogP contribution in [0.5, 0.6) is 0 Å². The van der Waals surface area contributed by atoms with E-state index >= 15 is 0 Å². The lowest BCUT2D eigenvalue weighted by atomic mass is 10.4. The molecule has 0 fully saturated rings. The molecule has 0 saturated carbocycles. The highest BCUT2D eigenvalue weighted by atomic mass is 35.5. The molecule has 0 N–H and O–H groups in total. The SMILES string of the molecule is Cc1nc(Cl)c2ncccc2n1.Cl. The highest BCUT2D eigenvalue weighted by molar-refractivity contribution is 6.33. The van der Waals surface area contributed by atoms with E-state index in [9.17, 15) is 0 Å². The van der Waals surface area contributed by atoms with E-state index in [1.807, 2.05) is 12.1 Å². The molecule has 0 aliphatic carbocycles. The summed E-state index contributed by atoms with van der Waals surface area (Å²) in [7, 11) is 0. The van der Waals surface area contributed by atoms with Crippen LogP contribution in [0.4, 0.5) is 0 Å². The van der Waals surface area contributed by atoms with Crippen molar-refractivity contribution in [2.24, 2.45) is 0 Å². The van der Waals surface area contributed by atoms with Gasteiger partial charge in [0.1, 0.15) is 11.3 Å². The molecule has 0 atom stereocenters. The molecular weight excluding hydrogens is 209 g/mol. The summed E-state index contributed by atoms with van der Waals surface area (Å²) in [6, 6.07) is 3.69. The zero-order valence-electron chi connectivity index (χ0n) is 6.86. The van der Waals surface area contributed by atoms with Crippen molar-refractivity contribution in [2.45, 2.75) is 6.92 Å². The largest absolute Gasteiger partial charge is 0.251 e. The molecule has 0 saturated heterocycles. The summed E-state index contributed by atoms with van der Waals surface area (Å²) in [6.07, 6.45) is 1.67. The average molecular weight is 216 g/mol. The van der Waals surface area contributed by atoms with Gasteiger partial charge in [0.05, 0.1) is 5.52 Å². The van der Waals surface area contributed by atoms with Crippen molar-refractivity contribution in [3.05, 3.63) is 29.3 Å². The van der Waals surface area contributed by atoms with Gasteiger partial charge in [0.2, 0.25) is 0 Å². The Morgan fingerprint density at radius 2 is 2.08 bits per heavy atom. The minimum Gasteiger partial charge on any atom is -0.251 e. The predicted molar refractivity (Wildman–Crippen MR) is 54.3 cm³/mol. The van der Waals surface area contributed by atoms with E-state index in [2.05, 4.69) is 15.0 Å². The number of halogens is 2. The third-order valence-electron chi connectivity index (χ3n) is 1.52. The van der Waals surface area contributed by atoms with E-state index < -0.39 is 0 Å². The molecule has 0 aliphatic heterocycles. The fourth-order valence-electron chi connectivity index (χ4n) is 1.04. The molecule has 13 heavy (non-hydrogen) atoms. The Morgan fingerprint density at radius 1 is 1.31 bits per heavy atom. The van der Waals surface area contributed by atoms with Gasteiger partial charge in [0, 0.05) is 6.20 Å². The molecule has 68 valence electrons. The van der Waals surface area contributed by atoms with Crippen LogP contribution in [0.15, 0.2) is 18.3 Å². The predicted octanol–water partition coefficient (Wildman–Crippen LogP) is 2.41. The van der Waals surface area contributed by atoms with Gasteiger partial charge >= 0.3 is 0 Å². The number of rotatable bonds is 0. The van der Waals surface area contributed by atoms with E-state index in [0.29, 0.717) is 16.5 Å². The van der Waals surface area contributed by atoms with Crippen molar-refractivity contribution in [3.8, 4) is 0 Å². The van der Waals surface area contributed by atoms with Gasteiger partial charge in [-0.1, -0.05) is 11.6 Å². The maximum absolute atomic E-state index is 5.85. The first-order valence-electron chi connectivity index (χ1n) is 3.52. The number of nitrogens with zero attached hydrogens (tertiary/aromatic N) is 3. The minimum absolute atomic E-state index is 0. The molecule has 2 aromatic rings. The molecule has 0 spiro atoms. The van der Waals surface area contributed by atoms with E-state index in [-0.39, 0.29) is 12.4 Å². The number of pyridine rings is 1. The lowest BCUT2D eigenvalue weighted by Gasteiger charge is -1.98. The molecule has 2 heterocycles. The van der Waals surface area contributed by atoms with Crippen molar-refractivity contribution in [1.82, 2.24) is 15.0 Å². The first-order valence-corrected chi connectivity index (χ1v) is 3.90. The third kappa shape index (κ3) is 1.87. The molecule has 2 aromatic heterocycles. The Morgan fingerprint density at radius 3 is 2.85 bits per heavy atom. The van der Waals surface area contributed by atoms with Gasteiger partial charge in [-0.2, -0.15) is 0 Å². The standard InChI is InChI=1S/C8H6ClN3.ClH/c1-5-11-6-3-2-4-10-7(6)8(9)12-5;/h2-4H,1H3;1H. The zero-order chi connectivity index (χ0) is 8.55. The Labute approximate surface area is 86.6 Å². The van der Waals surface area contributed by atoms with Gasteiger partial charge in [-0.3, -0.25) is 4.98 Å². The second kappa shape index (κ2) is 3.85. The minimum atomic E-state index is 0. The normalized spacial score (nSPS) is 9.69. The maximum Gasteiger partial charge on any atom is 0.158 e. The molecule has 0 bridgehead atoms. The lowest BCUT2D eigenvalue weighted by Crippen LogP contribution is -1.91. The quantitative estimate of drug-likeness (QED) is 0.634. The van der Waals surface area contributed by atoms with Gasteiger partial charge in [0.25, 0.3) is 0 Å². The average Bonchev–Trinajstić information content (AvgIpc) is 2.04. The Balaban J connectivity index is 0.000000845. The fourth-order valence-corrected chi connectivity index (χ4v) is 1.31. The summed E-state index contributed by atoms with van der Waals surface area (Å²) in [4.78, 5) is 12.2. The van der Waals surface area contributed by atoms with Crippen LogP contribution in [0.25, 0.3) is 11.0 Å². The van der Waals surface area contributed by atoms with Gasteiger partial charge in [-0.05, 0) is 19.1 Å². The molecule has 5 heteroatoms. The van der Waals surface area contributed by atoms with Gasteiger partial charge in [-0.25, -0.2) is 9.97 Å². The Hall–Kier alpha value is -0.930. The second-order valence-electron chi connectivity index (χ2n) is 2.43. The summed E-state index contributed by atoms with van der Waals surface area (Å²) in [6.45, 7) is 1.80. The van der Waals surface area contributed by atoms with E-state index in [0.717, 1.165) is 5.52 Å². The summed E-state index contributed by atoms with van der Waals surface area (Å²) in [5, 5.41) is 0.415. The van der Waals surface area contributed by atoms with Crippen LogP contribution in [-0.4, -0.2) is 15.0 Å². The summed E-state index contributed by atoms with van der Waals surface area (Å²) >= 11 is 5.85. The van der Waals surface area contributed by atoms with Crippen molar-refractivity contribution < 1.29 is 0 Å². The third-order valence-corrected chi connectivity index (χ3v) is 1.79. The van der Waals surface area contributed by atoms with E-state index in [1.165, 1.54) is 0 Å². The van der Waals surface area contributed by atoms with Crippen LogP contribution < -0.4 is 0 Å². The fraction of sp³-hybridized carbons (Fsp3) is 0.125. The number of aryl methyl sites for hydroxylation is 1. The monoisotopic (exact) mass is 215 g/mol. The molecule has 0 amide bonds. The van der Waals surface area contributed by atoms with Crippen molar-refractivity contribution in [2.75, 3.05) is 0 Å². The molecule has 0 unspecified atom stereocenters. The zero-order valence-corrected chi connectivity index (χ0v) is 8.43. The maximum atomic E-state index is 5.85. The number of aromatic nitrogens is 3. The molecule has 0 aromatic carbocycles. The van der Waals surface area contributed by atoms with Crippen molar-refractivity contribution in [3.63, 3.8) is 0 Å². The number of hydrogen-bond acceptors (Lipinski definition) is 3. The summed E-state index contributed by atoms with van der Waals surface area (Å²) in [5.41, 5.74) is 1.44. The van der Waals surface area contributed by atoms with Gasteiger partial charge < -0.3 is 0 Å². The van der Waals surface area contributed by atoms with Crippen molar-refractivity contribution >= 4 is 35.0 Å². The lowest BCUT2D eigenvalue weighted by molar-refractivity contribution is 1.08.